The van der Waals surface area contributed by atoms with Gasteiger partial charge >= 0.3 is 0 Å². The second kappa shape index (κ2) is 4.31. The van der Waals surface area contributed by atoms with Crippen molar-refractivity contribution in [1.29, 1.82) is 0 Å². The number of aliphatic hydroxyl groups is 2. The van der Waals surface area contributed by atoms with E-state index in [0.717, 1.165) is 17.0 Å². The van der Waals surface area contributed by atoms with Gasteiger partial charge in [-0.25, -0.2) is 4.98 Å². The van der Waals surface area contributed by atoms with Crippen molar-refractivity contribution < 1.29 is 10.2 Å². The van der Waals surface area contributed by atoms with Gasteiger partial charge in [-0.15, -0.1) is 0 Å². The lowest BCUT2D eigenvalue weighted by Crippen LogP contribution is -2.37. The molecular weight excluding hydrogens is 220 g/mol. The van der Waals surface area contributed by atoms with Crippen LogP contribution in [0.4, 0.5) is 5.82 Å². The molecule has 6 nitrogen and oxygen atoms in total. The van der Waals surface area contributed by atoms with Crippen molar-refractivity contribution in [3.05, 3.63) is 24.0 Å². The number of hydrogen-bond acceptors (Lipinski definition) is 5. The Morgan fingerprint density at radius 3 is 2.94 bits per heavy atom. The van der Waals surface area contributed by atoms with Crippen molar-refractivity contribution in [3.63, 3.8) is 0 Å². The molecular formula is C11H16N4O2. The maximum atomic E-state index is 9.72. The molecule has 92 valence electrons. The van der Waals surface area contributed by atoms with E-state index in [0.29, 0.717) is 0 Å². The van der Waals surface area contributed by atoms with Gasteiger partial charge in [0.1, 0.15) is 17.7 Å². The van der Waals surface area contributed by atoms with Crippen molar-refractivity contribution in [2.45, 2.75) is 19.4 Å². The summed E-state index contributed by atoms with van der Waals surface area (Å²) < 4.78 is 1.65. The fourth-order valence-electron chi connectivity index (χ4n) is 1.52. The number of anilines is 1. The predicted octanol–water partition coefficient (Wildman–Crippen LogP) is 0.193. The van der Waals surface area contributed by atoms with Crippen LogP contribution in [0, 0.1) is 6.92 Å². The van der Waals surface area contributed by atoms with Gasteiger partial charge in [-0.1, -0.05) is 0 Å². The molecule has 17 heavy (non-hydrogen) atoms. The van der Waals surface area contributed by atoms with Crippen LogP contribution in [0.2, 0.25) is 0 Å². The number of hydrogen-bond donors (Lipinski definition) is 3. The highest BCUT2D eigenvalue weighted by atomic mass is 16.3. The average Bonchev–Trinajstić information content (AvgIpc) is 2.73. The highest BCUT2D eigenvalue weighted by Gasteiger charge is 2.19. The van der Waals surface area contributed by atoms with Crippen LogP contribution in [-0.4, -0.2) is 43.6 Å². The highest BCUT2D eigenvalue weighted by Crippen LogP contribution is 2.14. The Morgan fingerprint density at radius 1 is 1.47 bits per heavy atom. The Kier molecular flexibility index (Phi) is 2.99. The molecule has 0 radical (unpaired) electrons. The maximum Gasteiger partial charge on any atom is 0.157 e. The largest absolute Gasteiger partial charge is 0.393 e. The van der Waals surface area contributed by atoms with E-state index < -0.39 is 5.60 Å². The summed E-state index contributed by atoms with van der Waals surface area (Å²) in [6.45, 7) is 3.46. The smallest absolute Gasteiger partial charge is 0.157 e. The molecule has 3 N–H and O–H groups in total. The molecule has 2 aromatic rings. The van der Waals surface area contributed by atoms with Gasteiger partial charge in [0.25, 0.3) is 0 Å². The maximum absolute atomic E-state index is 9.72. The normalized spacial score (nSPS) is 14.8. The quantitative estimate of drug-likeness (QED) is 0.706. The lowest BCUT2D eigenvalue weighted by Gasteiger charge is -2.21. The Morgan fingerprint density at radius 2 is 2.24 bits per heavy atom. The second-order valence-corrected chi connectivity index (χ2v) is 4.46. The van der Waals surface area contributed by atoms with Gasteiger partial charge in [-0.3, -0.25) is 0 Å². The standard InChI is InChI=1S/C11H16N4O2/c1-8-3-9(12-5-11(2,17)6-16)15-10(4-8)13-7-14-15/h3-4,7,12,16-17H,5-6H2,1-2H3. The van der Waals surface area contributed by atoms with Gasteiger partial charge < -0.3 is 15.5 Å². The minimum atomic E-state index is -1.16. The number of aromatic nitrogens is 3. The van der Waals surface area contributed by atoms with Crippen molar-refractivity contribution in [2.24, 2.45) is 0 Å². The summed E-state index contributed by atoms with van der Waals surface area (Å²) in [5.41, 5.74) is 0.643. The fourth-order valence-corrected chi connectivity index (χ4v) is 1.52. The second-order valence-electron chi connectivity index (χ2n) is 4.46. The van der Waals surface area contributed by atoms with E-state index in [4.69, 9.17) is 5.11 Å². The SMILES string of the molecule is Cc1cc(NCC(C)(O)CO)n2ncnc2c1. The van der Waals surface area contributed by atoms with Crippen LogP contribution < -0.4 is 5.32 Å². The first-order valence-corrected chi connectivity index (χ1v) is 5.39. The van der Waals surface area contributed by atoms with E-state index in [9.17, 15) is 5.11 Å². The third-order valence-electron chi connectivity index (χ3n) is 2.51. The summed E-state index contributed by atoms with van der Waals surface area (Å²) in [6, 6.07) is 3.83. The predicted molar refractivity (Wildman–Crippen MR) is 63.9 cm³/mol. The molecule has 2 aromatic heterocycles. The van der Waals surface area contributed by atoms with Gasteiger partial charge in [0.05, 0.1) is 6.61 Å². The van der Waals surface area contributed by atoms with E-state index in [1.165, 1.54) is 6.33 Å². The van der Waals surface area contributed by atoms with Gasteiger partial charge in [0.15, 0.2) is 5.65 Å². The van der Waals surface area contributed by atoms with E-state index >= 15 is 0 Å². The molecule has 0 aliphatic heterocycles. The first-order chi connectivity index (χ1) is 8.02. The molecule has 0 aliphatic rings. The molecule has 2 heterocycles. The van der Waals surface area contributed by atoms with Crippen molar-refractivity contribution in [3.8, 4) is 0 Å². The minimum Gasteiger partial charge on any atom is -0.393 e. The number of nitrogens with one attached hydrogen (secondary N) is 1. The summed E-state index contributed by atoms with van der Waals surface area (Å²) in [7, 11) is 0. The Labute approximate surface area is 98.9 Å². The number of rotatable bonds is 4. The van der Waals surface area contributed by atoms with Crippen molar-refractivity contribution in [2.75, 3.05) is 18.5 Å². The van der Waals surface area contributed by atoms with Crippen LogP contribution in [0.25, 0.3) is 5.65 Å². The molecule has 0 bridgehead atoms. The Bertz CT molecular complexity index is 521. The fraction of sp³-hybridized carbons (Fsp3) is 0.455. The molecule has 0 fully saturated rings. The zero-order valence-electron chi connectivity index (χ0n) is 9.88. The minimum absolute atomic E-state index is 0.238. The molecule has 6 heteroatoms. The van der Waals surface area contributed by atoms with Crippen LogP contribution in [0.3, 0.4) is 0 Å². The topological polar surface area (TPSA) is 82.7 Å². The molecule has 0 amide bonds. The van der Waals surface area contributed by atoms with Gasteiger partial charge in [0, 0.05) is 6.54 Å². The molecule has 0 aliphatic carbocycles. The lowest BCUT2D eigenvalue weighted by molar-refractivity contribution is 0.0131. The Balaban J connectivity index is 2.26. The van der Waals surface area contributed by atoms with Crippen LogP contribution in [0.5, 0.6) is 0 Å². The number of pyridine rings is 1. The molecule has 0 aromatic carbocycles. The summed E-state index contributed by atoms with van der Waals surface area (Å²) in [4.78, 5) is 4.10. The molecule has 2 rings (SSSR count). The van der Waals surface area contributed by atoms with Crippen LogP contribution in [0.1, 0.15) is 12.5 Å². The molecule has 1 unspecified atom stereocenters. The monoisotopic (exact) mass is 236 g/mol. The molecule has 0 saturated carbocycles. The third kappa shape index (κ3) is 2.54. The van der Waals surface area contributed by atoms with Crippen molar-refractivity contribution in [1.82, 2.24) is 14.6 Å². The molecule has 0 spiro atoms. The zero-order valence-corrected chi connectivity index (χ0v) is 9.88. The van der Waals surface area contributed by atoms with E-state index in [1.807, 2.05) is 19.1 Å². The number of fused-ring (bicyclic) bond motifs is 1. The van der Waals surface area contributed by atoms with Crippen LogP contribution in [-0.2, 0) is 0 Å². The van der Waals surface area contributed by atoms with Crippen LogP contribution in [0.15, 0.2) is 18.5 Å². The molecule has 0 saturated heterocycles. The van der Waals surface area contributed by atoms with E-state index in [2.05, 4.69) is 15.4 Å². The number of aliphatic hydroxyl groups excluding tert-OH is 1. The lowest BCUT2D eigenvalue weighted by atomic mass is 10.1. The number of aryl methyl sites for hydroxylation is 1. The van der Waals surface area contributed by atoms with E-state index in [1.54, 1.807) is 11.4 Å². The molecule has 1 atom stereocenters. The van der Waals surface area contributed by atoms with Crippen molar-refractivity contribution >= 4 is 11.5 Å². The summed E-state index contributed by atoms with van der Waals surface area (Å²) in [5, 5.41) is 25.8. The first kappa shape index (κ1) is 11.8. The first-order valence-electron chi connectivity index (χ1n) is 5.39. The van der Waals surface area contributed by atoms with Gasteiger partial charge in [-0.05, 0) is 31.5 Å². The summed E-state index contributed by atoms with van der Waals surface area (Å²) in [6.07, 6.45) is 1.48. The zero-order chi connectivity index (χ0) is 12.5. The Hall–Kier alpha value is -1.66. The summed E-state index contributed by atoms with van der Waals surface area (Å²) in [5.74, 6) is 0.742. The third-order valence-corrected chi connectivity index (χ3v) is 2.51. The highest BCUT2D eigenvalue weighted by molar-refractivity contribution is 5.51. The number of nitrogens with zero attached hydrogens (tertiary/aromatic N) is 3. The van der Waals surface area contributed by atoms with Gasteiger partial charge in [-0.2, -0.15) is 9.61 Å². The summed E-state index contributed by atoms with van der Waals surface area (Å²) >= 11 is 0. The average molecular weight is 236 g/mol. The van der Waals surface area contributed by atoms with Gasteiger partial charge in [0.2, 0.25) is 0 Å². The van der Waals surface area contributed by atoms with Crippen LogP contribution >= 0.6 is 0 Å². The van der Waals surface area contributed by atoms with E-state index in [-0.39, 0.29) is 13.2 Å².